The first kappa shape index (κ1) is 24.4. The quantitative estimate of drug-likeness (QED) is 0.576. The van der Waals surface area contributed by atoms with Crippen molar-refractivity contribution in [3.05, 3.63) is 46.6 Å². The molecular weight excluding hydrogens is 471 g/mol. The van der Waals surface area contributed by atoms with Gasteiger partial charge in [-0.15, -0.1) is 0 Å². The number of halogens is 4. The highest BCUT2D eigenvalue weighted by atomic mass is 35.5. The van der Waals surface area contributed by atoms with Gasteiger partial charge in [-0.2, -0.15) is 13.2 Å². The van der Waals surface area contributed by atoms with Crippen LogP contribution in [0.1, 0.15) is 37.8 Å². The first-order valence-corrected chi connectivity index (χ1v) is 11.6. The van der Waals surface area contributed by atoms with Gasteiger partial charge in [-0.1, -0.05) is 23.7 Å². The van der Waals surface area contributed by atoms with Crippen LogP contribution in [-0.4, -0.2) is 42.7 Å². The van der Waals surface area contributed by atoms with Crippen LogP contribution in [0.15, 0.2) is 30.5 Å². The summed E-state index contributed by atoms with van der Waals surface area (Å²) in [4.78, 5) is 18.3. The van der Waals surface area contributed by atoms with Crippen LogP contribution in [0.25, 0.3) is 0 Å². The third kappa shape index (κ3) is 5.51. The molecular formula is C24H27ClF3N3O3. The molecule has 2 aliphatic heterocycles. The molecule has 184 valence electrons. The van der Waals surface area contributed by atoms with Crippen LogP contribution in [0.3, 0.4) is 0 Å². The van der Waals surface area contributed by atoms with E-state index in [9.17, 15) is 18.0 Å². The van der Waals surface area contributed by atoms with Gasteiger partial charge in [0.15, 0.2) is 11.5 Å². The minimum Gasteiger partial charge on any atom is -0.488 e. The number of hydrogen-bond donors (Lipinski definition) is 1. The van der Waals surface area contributed by atoms with E-state index in [-0.39, 0.29) is 22.4 Å². The van der Waals surface area contributed by atoms with Gasteiger partial charge in [-0.3, -0.25) is 4.79 Å². The minimum atomic E-state index is -4.49. The molecule has 1 amide bonds. The largest absolute Gasteiger partial charge is 0.488 e. The molecule has 1 fully saturated rings. The molecule has 0 saturated carbocycles. The van der Waals surface area contributed by atoms with E-state index in [4.69, 9.17) is 21.1 Å². The molecule has 0 bridgehead atoms. The third-order valence-corrected chi connectivity index (χ3v) is 6.31. The Labute approximate surface area is 201 Å². The topological polar surface area (TPSA) is 63.7 Å². The van der Waals surface area contributed by atoms with Crippen molar-refractivity contribution in [3.63, 3.8) is 0 Å². The van der Waals surface area contributed by atoms with Crippen molar-refractivity contribution in [2.75, 3.05) is 31.1 Å². The van der Waals surface area contributed by atoms with Crippen molar-refractivity contribution < 1.29 is 27.4 Å². The molecule has 34 heavy (non-hydrogen) atoms. The highest BCUT2D eigenvalue weighted by Gasteiger charge is 2.34. The number of nitrogens with one attached hydrogen (secondary N) is 1. The summed E-state index contributed by atoms with van der Waals surface area (Å²) in [7, 11) is 0. The van der Waals surface area contributed by atoms with Crippen molar-refractivity contribution >= 4 is 23.3 Å². The van der Waals surface area contributed by atoms with Crippen molar-refractivity contribution in [2.24, 2.45) is 5.92 Å². The van der Waals surface area contributed by atoms with Crippen LogP contribution in [0.2, 0.25) is 5.02 Å². The van der Waals surface area contributed by atoms with Gasteiger partial charge in [0.05, 0.1) is 17.1 Å². The third-order valence-electron chi connectivity index (χ3n) is 6.03. The number of carbonyl (C=O) groups excluding carboxylic acids is 1. The summed E-state index contributed by atoms with van der Waals surface area (Å²) < 4.78 is 50.3. The zero-order chi connectivity index (χ0) is 24.5. The van der Waals surface area contributed by atoms with Gasteiger partial charge >= 0.3 is 6.18 Å². The fourth-order valence-corrected chi connectivity index (χ4v) is 4.64. The number of pyridine rings is 1. The van der Waals surface area contributed by atoms with Gasteiger partial charge in [0.2, 0.25) is 5.91 Å². The van der Waals surface area contributed by atoms with E-state index >= 15 is 0 Å². The average molecular weight is 498 g/mol. The second-order valence-corrected chi connectivity index (χ2v) is 9.62. The van der Waals surface area contributed by atoms with Gasteiger partial charge in [0, 0.05) is 37.2 Å². The van der Waals surface area contributed by atoms with Crippen molar-refractivity contribution in [2.45, 2.75) is 44.9 Å². The summed E-state index contributed by atoms with van der Waals surface area (Å²) in [6.45, 7) is 5.70. The summed E-state index contributed by atoms with van der Waals surface area (Å²) >= 11 is 6.05. The number of benzene rings is 1. The number of amides is 1. The van der Waals surface area contributed by atoms with Crippen molar-refractivity contribution in [3.8, 4) is 11.5 Å². The van der Waals surface area contributed by atoms with Gasteiger partial charge in [0.1, 0.15) is 18.0 Å². The number of aromatic nitrogens is 1. The molecule has 1 saturated heterocycles. The monoisotopic (exact) mass is 497 g/mol. The molecule has 1 aromatic heterocycles. The van der Waals surface area contributed by atoms with E-state index in [1.165, 1.54) is 0 Å². The summed E-state index contributed by atoms with van der Waals surface area (Å²) in [5.74, 6) is 1.50. The number of nitrogens with zero attached hydrogens (tertiary/aromatic N) is 2. The molecule has 1 aromatic carbocycles. The number of carbonyl (C=O) groups is 1. The molecule has 1 N–H and O–H groups in total. The highest BCUT2D eigenvalue weighted by Crippen LogP contribution is 2.41. The molecule has 0 radical (unpaired) electrons. The van der Waals surface area contributed by atoms with Crippen LogP contribution < -0.4 is 19.7 Å². The van der Waals surface area contributed by atoms with Gasteiger partial charge in [-0.25, -0.2) is 4.98 Å². The molecule has 3 heterocycles. The summed E-state index contributed by atoms with van der Waals surface area (Å²) in [5, 5.41) is 2.86. The van der Waals surface area contributed by atoms with E-state index in [1.54, 1.807) is 0 Å². The molecule has 0 atom stereocenters. The fourth-order valence-electron chi connectivity index (χ4n) is 4.35. The minimum absolute atomic E-state index is 0.0466. The Hall–Kier alpha value is -2.68. The van der Waals surface area contributed by atoms with E-state index < -0.39 is 11.7 Å². The zero-order valence-corrected chi connectivity index (χ0v) is 19.8. The molecule has 2 aromatic rings. The van der Waals surface area contributed by atoms with Gasteiger partial charge in [-0.05, 0) is 38.8 Å². The lowest BCUT2D eigenvalue weighted by Gasteiger charge is -2.32. The Morgan fingerprint density at radius 3 is 2.74 bits per heavy atom. The number of anilines is 1. The van der Waals surface area contributed by atoms with Crippen LogP contribution in [0.4, 0.5) is 19.0 Å². The predicted molar refractivity (Wildman–Crippen MR) is 123 cm³/mol. The van der Waals surface area contributed by atoms with Crippen LogP contribution in [-0.2, 0) is 17.4 Å². The molecule has 0 unspecified atom stereocenters. The van der Waals surface area contributed by atoms with Crippen LogP contribution >= 0.6 is 11.6 Å². The normalized spacial score (nSPS) is 17.8. The second-order valence-electron chi connectivity index (χ2n) is 9.21. The van der Waals surface area contributed by atoms with Crippen molar-refractivity contribution in [1.82, 2.24) is 10.3 Å². The Morgan fingerprint density at radius 1 is 1.32 bits per heavy atom. The first-order valence-electron chi connectivity index (χ1n) is 11.2. The van der Waals surface area contributed by atoms with Gasteiger partial charge < -0.3 is 19.7 Å². The Balaban J connectivity index is 1.23. The zero-order valence-electron chi connectivity index (χ0n) is 19.0. The first-order chi connectivity index (χ1) is 16.0. The lowest BCUT2D eigenvalue weighted by Crippen LogP contribution is -2.41. The lowest BCUT2D eigenvalue weighted by atomic mass is 9.96. The standard InChI is InChI=1S/C24H27ClF3N3O3/c1-23(2)13-16-4-3-5-19(20(16)34-23)33-11-8-29-22(32)15-6-9-31(10-7-15)21-18(25)12-17(14-30-21)24(26,27)28/h3-5,12,14-15H,6-11,13H2,1-2H3,(H,29,32). The molecule has 10 heteroatoms. The summed E-state index contributed by atoms with van der Waals surface area (Å²) in [6.07, 6.45) is -1.77. The van der Waals surface area contributed by atoms with E-state index in [0.29, 0.717) is 50.7 Å². The number of hydrogen-bond acceptors (Lipinski definition) is 5. The number of alkyl halides is 3. The maximum absolute atomic E-state index is 12.8. The smallest absolute Gasteiger partial charge is 0.417 e. The molecule has 6 nitrogen and oxygen atoms in total. The number of piperidine rings is 1. The molecule has 2 aliphatic rings. The van der Waals surface area contributed by atoms with E-state index in [2.05, 4.69) is 10.3 Å². The lowest BCUT2D eigenvalue weighted by molar-refractivity contribution is -0.137. The van der Waals surface area contributed by atoms with E-state index in [1.807, 2.05) is 36.9 Å². The maximum Gasteiger partial charge on any atom is 0.417 e. The average Bonchev–Trinajstić information content (AvgIpc) is 3.10. The maximum atomic E-state index is 12.8. The highest BCUT2D eigenvalue weighted by molar-refractivity contribution is 6.33. The van der Waals surface area contributed by atoms with Crippen LogP contribution in [0.5, 0.6) is 11.5 Å². The number of fused-ring (bicyclic) bond motifs is 1. The Morgan fingerprint density at radius 2 is 2.06 bits per heavy atom. The number of ether oxygens (including phenoxy) is 2. The molecule has 0 aliphatic carbocycles. The Kier molecular flexibility index (Phi) is 6.85. The Bertz CT molecular complexity index is 1050. The van der Waals surface area contributed by atoms with E-state index in [0.717, 1.165) is 30.0 Å². The van der Waals surface area contributed by atoms with Crippen LogP contribution in [0, 0.1) is 5.92 Å². The number of rotatable bonds is 6. The summed E-state index contributed by atoms with van der Waals surface area (Å²) in [6, 6.07) is 6.70. The number of para-hydroxylation sites is 1. The fraction of sp³-hybridized carbons (Fsp3) is 0.500. The summed E-state index contributed by atoms with van der Waals surface area (Å²) in [5.41, 5.74) is -0.0280. The molecule has 4 rings (SSSR count). The van der Waals surface area contributed by atoms with Gasteiger partial charge in [0.25, 0.3) is 0 Å². The SMILES string of the molecule is CC1(C)Cc2cccc(OCCNC(=O)C3CCN(c4ncc(C(F)(F)F)cc4Cl)CC3)c2O1. The van der Waals surface area contributed by atoms with Crippen molar-refractivity contribution in [1.29, 1.82) is 0 Å². The predicted octanol–water partition coefficient (Wildman–Crippen LogP) is 4.88. The second kappa shape index (κ2) is 9.52. The molecule has 0 spiro atoms.